The number of carbonyl (C=O) groups excluding carboxylic acids is 2. The Balaban J connectivity index is 1.44. The molecule has 2 aliphatic heterocycles. The molecule has 1 spiro atoms. The van der Waals surface area contributed by atoms with E-state index in [-0.39, 0.29) is 23.7 Å². The van der Waals surface area contributed by atoms with E-state index in [1.54, 1.807) is 11.3 Å². The molecule has 7 nitrogen and oxygen atoms in total. The fourth-order valence-corrected chi connectivity index (χ4v) is 5.62. The van der Waals surface area contributed by atoms with Gasteiger partial charge >= 0.3 is 0 Å². The van der Waals surface area contributed by atoms with Crippen LogP contribution in [0, 0.1) is 18.3 Å². The highest BCUT2D eigenvalue weighted by molar-refractivity contribution is 7.09. The smallest absolute Gasteiger partial charge is 0.231 e. The van der Waals surface area contributed by atoms with Crippen LogP contribution < -0.4 is 0 Å². The van der Waals surface area contributed by atoms with Gasteiger partial charge in [0.15, 0.2) is 0 Å². The highest BCUT2D eigenvalue weighted by Crippen LogP contribution is 2.51. The molecule has 8 heteroatoms. The molecule has 2 aromatic heterocycles. The van der Waals surface area contributed by atoms with Gasteiger partial charge in [-0.15, -0.1) is 11.3 Å². The second-order valence-electron chi connectivity index (χ2n) is 9.38. The first-order valence-electron chi connectivity index (χ1n) is 10.9. The first-order chi connectivity index (χ1) is 14.4. The summed E-state index contributed by atoms with van der Waals surface area (Å²) in [6, 6.07) is 0.316. The maximum Gasteiger partial charge on any atom is 0.231 e. The number of thiazole rings is 1. The summed E-state index contributed by atoms with van der Waals surface area (Å²) in [4.78, 5) is 39.7. The van der Waals surface area contributed by atoms with Crippen molar-refractivity contribution in [1.29, 1.82) is 0 Å². The monoisotopic (exact) mass is 427 g/mol. The number of hydrogen-bond acceptors (Lipinski definition) is 5. The molecule has 2 aromatic rings. The summed E-state index contributed by atoms with van der Waals surface area (Å²) < 4.78 is 2.09. The average Bonchev–Trinajstić information content (AvgIpc) is 3.05. The average molecular weight is 428 g/mol. The number of imidazole rings is 1. The van der Waals surface area contributed by atoms with Crippen molar-refractivity contribution in [2.75, 3.05) is 19.6 Å². The van der Waals surface area contributed by atoms with Gasteiger partial charge in [0, 0.05) is 49.1 Å². The van der Waals surface area contributed by atoms with Gasteiger partial charge in [-0.25, -0.2) is 9.97 Å². The fraction of sp³-hybridized carbons (Fsp3) is 0.636. The second kappa shape index (κ2) is 7.18. The van der Waals surface area contributed by atoms with Crippen molar-refractivity contribution in [3.05, 3.63) is 34.3 Å². The third kappa shape index (κ3) is 3.25. The molecule has 2 atom stereocenters. The van der Waals surface area contributed by atoms with Gasteiger partial charge in [0.1, 0.15) is 0 Å². The number of carbonyl (C=O) groups is 2. The Bertz CT molecular complexity index is 978. The predicted molar refractivity (Wildman–Crippen MR) is 114 cm³/mol. The van der Waals surface area contributed by atoms with Crippen molar-refractivity contribution in [3.8, 4) is 0 Å². The maximum absolute atomic E-state index is 13.7. The third-order valence-corrected chi connectivity index (χ3v) is 7.74. The summed E-state index contributed by atoms with van der Waals surface area (Å²) in [5.74, 6) is 0.499. The molecular weight excluding hydrogens is 398 g/mol. The lowest BCUT2D eigenvalue weighted by Crippen LogP contribution is -2.40. The van der Waals surface area contributed by atoms with Gasteiger partial charge in [0.05, 0.1) is 34.7 Å². The number of aromatic nitrogens is 3. The maximum atomic E-state index is 13.7. The van der Waals surface area contributed by atoms with E-state index in [0.717, 1.165) is 35.7 Å². The third-order valence-electron chi connectivity index (χ3n) is 6.92. The normalized spacial score (nSPS) is 26.5. The van der Waals surface area contributed by atoms with Gasteiger partial charge in [-0.3, -0.25) is 9.59 Å². The van der Waals surface area contributed by atoms with Crippen molar-refractivity contribution in [2.24, 2.45) is 11.3 Å². The molecule has 30 heavy (non-hydrogen) atoms. The molecule has 5 rings (SSSR count). The lowest BCUT2D eigenvalue weighted by Gasteiger charge is -2.27. The second-order valence-corrected chi connectivity index (χ2v) is 10.4. The van der Waals surface area contributed by atoms with Gasteiger partial charge < -0.3 is 14.4 Å². The molecule has 2 amide bonds. The number of hydrogen-bond donors (Lipinski definition) is 0. The van der Waals surface area contributed by atoms with E-state index in [2.05, 4.69) is 34.6 Å². The van der Waals surface area contributed by atoms with E-state index in [1.807, 2.05) is 28.4 Å². The van der Waals surface area contributed by atoms with Crippen molar-refractivity contribution >= 4 is 23.2 Å². The number of nitrogens with zero attached hydrogens (tertiary/aromatic N) is 5. The van der Waals surface area contributed by atoms with Crippen LogP contribution >= 0.6 is 11.3 Å². The van der Waals surface area contributed by atoms with Crippen LogP contribution in [0.4, 0.5) is 0 Å². The minimum Gasteiger partial charge on any atom is -0.341 e. The topological polar surface area (TPSA) is 71.3 Å². The van der Waals surface area contributed by atoms with Crippen LogP contribution in [0.15, 0.2) is 17.9 Å². The van der Waals surface area contributed by atoms with Crippen LogP contribution in [0.5, 0.6) is 0 Å². The summed E-state index contributed by atoms with van der Waals surface area (Å²) in [6.07, 6.45) is 6.66. The van der Waals surface area contributed by atoms with E-state index < -0.39 is 5.41 Å². The Morgan fingerprint density at radius 3 is 2.80 bits per heavy atom. The quantitative estimate of drug-likeness (QED) is 0.735. The molecule has 0 radical (unpaired) electrons. The molecule has 0 bridgehead atoms. The minimum atomic E-state index is -0.564. The van der Waals surface area contributed by atoms with E-state index in [0.29, 0.717) is 32.2 Å². The van der Waals surface area contributed by atoms with E-state index in [9.17, 15) is 9.59 Å². The molecule has 0 N–H and O–H groups in total. The van der Waals surface area contributed by atoms with Crippen LogP contribution in [-0.4, -0.2) is 55.8 Å². The molecule has 0 unspecified atom stereocenters. The van der Waals surface area contributed by atoms with Crippen LogP contribution in [0.2, 0.25) is 0 Å². The Labute approximate surface area is 181 Å². The first-order valence-corrected chi connectivity index (χ1v) is 11.8. The molecule has 1 aliphatic carbocycles. The SMILES string of the molecule is Cc1nc(CN2CC[C@]3(CN(C(=O)C4CC4)C[C@@H]3c3cn(C(C)C)cn3)C2=O)cs1. The number of amides is 2. The molecule has 4 heterocycles. The van der Waals surface area contributed by atoms with Crippen molar-refractivity contribution in [2.45, 2.75) is 58.5 Å². The number of aryl methyl sites for hydroxylation is 1. The Morgan fingerprint density at radius 2 is 2.17 bits per heavy atom. The summed E-state index contributed by atoms with van der Waals surface area (Å²) in [5, 5.41) is 3.05. The lowest BCUT2D eigenvalue weighted by atomic mass is 9.75. The first kappa shape index (κ1) is 19.7. The summed E-state index contributed by atoms with van der Waals surface area (Å²) in [6.45, 7) is 8.61. The van der Waals surface area contributed by atoms with Crippen molar-refractivity contribution in [1.82, 2.24) is 24.3 Å². The molecule has 1 saturated carbocycles. The predicted octanol–water partition coefficient (Wildman–Crippen LogP) is 2.98. The van der Waals surface area contributed by atoms with E-state index >= 15 is 0 Å². The molecule has 3 fully saturated rings. The molecular formula is C22H29N5O2S. The molecule has 3 aliphatic rings. The Kier molecular flexibility index (Phi) is 4.72. The van der Waals surface area contributed by atoms with Gasteiger partial charge in [0.25, 0.3) is 0 Å². The highest BCUT2D eigenvalue weighted by atomic mass is 32.1. The zero-order valence-electron chi connectivity index (χ0n) is 17.9. The fourth-order valence-electron chi connectivity index (χ4n) is 5.01. The molecule has 2 saturated heterocycles. The Hall–Kier alpha value is -2.22. The van der Waals surface area contributed by atoms with Crippen LogP contribution in [-0.2, 0) is 16.1 Å². The lowest BCUT2D eigenvalue weighted by molar-refractivity contribution is -0.137. The largest absolute Gasteiger partial charge is 0.341 e. The molecule has 0 aromatic carbocycles. The van der Waals surface area contributed by atoms with Gasteiger partial charge in [-0.2, -0.15) is 0 Å². The summed E-state index contributed by atoms with van der Waals surface area (Å²) in [7, 11) is 0. The van der Waals surface area contributed by atoms with Gasteiger partial charge in [0.2, 0.25) is 11.8 Å². The van der Waals surface area contributed by atoms with E-state index in [1.165, 1.54) is 0 Å². The van der Waals surface area contributed by atoms with Crippen LogP contribution in [0.25, 0.3) is 0 Å². The number of likely N-dealkylation sites (tertiary alicyclic amines) is 2. The van der Waals surface area contributed by atoms with Crippen molar-refractivity contribution in [3.63, 3.8) is 0 Å². The summed E-state index contributed by atoms with van der Waals surface area (Å²) >= 11 is 1.62. The van der Waals surface area contributed by atoms with Gasteiger partial charge in [-0.1, -0.05) is 0 Å². The zero-order valence-corrected chi connectivity index (χ0v) is 18.7. The van der Waals surface area contributed by atoms with E-state index in [4.69, 9.17) is 0 Å². The van der Waals surface area contributed by atoms with Gasteiger partial charge in [-0.05, 0) is 40.0 Å². The summed E-state index contributed by atoms with van der Waals surface area (Å²) in [5.41, 5.74) is 1.33. The Morgan fingerprint density at radius 1 is 1.37 bits per heavy atom. The minimum absolute atomic E-state index is 0.0464. The van der Waals surface area contributed by atoms with Crippen molar-refractivity contribution < 1.29 is 9.59 Å². The zero-order chi connectivity index (χ0) is 21.0. The highest BCUT2D eigenvalue weighted by Gasteiger charge is 2.59. The molecule has 160 valence electrons. The standard InChI is InChI=1S/C22H29N5O2S/c1-14(2)27-10-19(23-13-27)18-9-26(20(28)16-4-5-16)12-22(18)6-7-25(21(22)29)8-17-11-30-15(3)24-17/h10-11,13-14,16,18H,4-9,12H2,1-3H3/t18-,22-/m1/s1. The van der Waals surface area contributed by atoms with Crippen LogP contribution in [0.1, 0.15) is 61.5 Å². The number of rotatable bonds is 5. The van der Waals surface area contributed by atoms with Crippen LogP contribution in [0.3, 0.4) is 0 Å².